The van der Waals surface area contributed by atoms with Gasteiger partial charge in [0.15, 0.2) is 5.69 Å². The summed E-state index contributed by atoms with van der Waals surface area (Å²) in [6, 6.07) is 10.1. The number of rotatable bonds is 6. The summed E-state index contributed by atoms with van der Waals surface area (Å²) >= 11 is 1.03. The smallest absolute Gasteiger partial charge is 0.338 e. The van der Waals surface area contributed by atoms with Crippen molar-refractivity contribution in [1.82, 2.24) is 5.16 Å². The first-order valence-corrected chi connectivity index (χ1v) is 10.0. The number of nitrogens with one attached hydrogen (secondary N) is 1. The highest BCUT2D eigenvalue weighted by Crippen LogP contribution is 2.28. The third kappa shape index (κ3) is 4.23. The lowest BCUT2D eigenvalue weighted by molar-refractivity contribution is -0.386. The SMILES string of the molecule is Cc1cccc(NS(=O)(=O)c2ccc(/C=C/c3onc(C)c3[N+](=O)[O-])s2)c1. The van der Waals surface area contributed by atoms with E-state index in [9.17, 15) is 18.5 Å². The lowest BCUT2D eigenvalue weighted by atomic mass is 10.2. The van der Waals surface area contributed by atoms with Gasteiger partial charge in [0.1, 0.15) is 4.21 Å². The molecule has 2 heterocycles. The van der Waals surface area contributed by atoms with E-state index in [2.05, 4.69) is 9.88 Å². The Labute approximate surface area is 159 Å². The van der Waals surface area contributed by atoms with Crippen LogP contribution in [-0.4, -0.2) is 18.5 Å². The average molecular weight is 405 g/mol. The van der Waals surface area contributed by atoms with E-state index in [0.717, 1.165) is 16.9 Å². The third-order valence-corrected chi connectivity index (χ3v) is 6.50. The Bertz CT molecular complexity index is 1130. The molecule has 0 aliphatic rings. The quantitative estimate of drug-likeness (QED) is 0.485. The van der Waals surface area contributed by atoms with E-state index < -0.39 is 14.9 Å². The van der Waals surface area contributed by atoms with Gasteiger partial charge in [-0.2, -0.15) is 0 Å². The molecule has 1 aromatic carbocycles. The topological polar surface area (TPSA) is 115 Å². The van der Waals surface area contributed by atoms with Crippen molar-refractivity contribution < 1.29 is 17.9 Å². The van der Waals surface area contributed by atoms with Crippen molar-refractivity contribution in [1.29, 1.82) is 0 Å². The molecule has 8 nitrogen and oxygen atoms in total. The lowest BCUT2D eigenvalue weighted by Gasteiger charge is -2.06. The number of nitrogens with zero attached hydrogens (tertiary/aromatic N) is 2. The van der Waals surface area contributed by atoms with Crippen LogP contribution in [0.1, 0.15) is 21.9 Å². The second kappa shape index (κ2) is 7.33. The lowest BCUT2D eigenvalue weighted by Crippen LogP contribution is -2.11. The number of hydrogen-bond acceptors (Lipinski definition) is 7. The minimum absolute atomic E-state index is 0.00759. The van der Waals surface area contributed by atoms with Gasteiger partial charge in [-0.05, 0) is 55.8 Å². The first kappa shape index (κ1) is 18.8. The van der Waals surface area contributed by atoms with Crippen molar-refractivity contribution in [3.63, 3.8) is 0 Å². The third-order valence-electron chi connectivity index (χ3n) is 3.58. The largest absolute Gasteiger partial charge is 0.349 e. The molecule has 10 heteroatoms. The molecule has 3 rings (SSSR count). The summed E-state index contributed by atoms with van der Waals surface area (Å²) in [7, 11) is -3.72. The van der Waals surface area contributed by atoms with Gasteiger partial charge in [-0.3, -0.25) is 14.8 Å². The number of anilines is 1. The zero-order valence-corrected chi connectivity index (χ0v) is 16.0. The Kier molecular flexibility index (Phi) is 5.10. The van der Waals surface area contributed by atoms with Gasteiger partial charge >= 0.3 is 5.69 Å². The summed E-state index contributed by atoms with van der Waals surface area (Å²) in [5.74, 6) is 0.00759. The van der Waals surface area contributed by atoms with E-state index in [1.54, 1.807) is 30.3 Å². The van der Waals surface area contributed by atoms with Gasteiger partial charge in [-0.1, -0.05) is 17.3 Å². The first-order chi connectivity index (χ1) is 12.8. The van der Waals surface area contributed by atoms with E-state index in [-0.39, 0.29) is 21.4 Å². The van der Waals surface area contributed by atoms with Crippen LogP contribution in [0.5, 0.6) is 0 Å². The van der Waals surface area contributed by atoms with Crippen LogP contribution in [0.4, 0.5) is 11.4 Å². The minimum Gasteiger partial charge on any atom is -0.349 e. The van der Waals surface area contributed by atoms with Gasteiger partial charge in [-0.15, -0.1) is 11.3 Å². The van der Waals surface area contributed by atoms with E-state index in [1.807, 2.05) is 13.0 Å². The Morgan fingerprint density at radius 2 is 2.00 bits per heavy atom. The zero-order chi connectivity index (χ0) is 19.6. The number of benzene rings is 1. The average Bonchev–Trinajstić information content (AvgIpc) is 3.19. The molecule has 2 aromatic heterocycles. The molecule has 0 aliphatic heterocycles. The highest BCUT2D eigenvalue weighted by Gasteiger charge is 2.22. The predicted octanol–water partition coefficient (Wildman–Crippen LogP) is 4.23. The molecule has 140 valence electrons. The van der Waals surface area contributed by atoms with Crippen molar-refractivity contribution in [2.45, 2.75) is 18.1 Å². The number of aryl methyl sites for hydroxylation is 2. The maximum Gasteiger partial charge on any atom is 0.338 e. The maximum atomic E-state index is 12.5. The molecular weight excluding hydrogens is 390 g/mol. The predicted molar refractivity (Wildman–Crippen MR) is 103 cm³/mol. The standard InChI is InChI=1S/C17H15N3O5S2/c1-11-4-3-5-13(10-11)19-27(23,24)16-9-7-14(26-16)6-8-15-17(20(21)22)12(2)18-25-15/h3-10,19H,1-2H3/b8-6+. The van der Waals surface area contributed by atoms with Crippen molar-refractivity contribution in [2.24, 2.45) is 0 Å². The van der Waals surface area contributed by atoms with Crippen LogP contribution in [0.2, 0.25) is 0 Å². The molecule has 0 amide bonds. The van der Waals surface area contributed by atoms with Crippen molar-refractivity contribution in [3.8, 4) is 0 Å². The van der Waals surface area contributed by atoms with Crippen LogP contribution in [-0.2, 0) is 10.0 Å². The second-order valence-electron chi connectivity index (χ2n) is 5.70. The first-order valence-electron chi connectivity index (χ1n) is 7.74. The Morgan fingerprint density at radius 1 is 1.22 bits per heavy atom. The normalized spacial score (nSPS) is 11.8. The monoisotopic (exact) mass is 405 g/mol. The fraction of sp³-hybridized carbons (Fsp3) is 0.118. The Balaban J connectivity index is 1.81. The zero-order valence-electron chi connectivity index (χ0n) is 14.4. The molecule has 0 saturated carbocycles. The molecule has 27 heavy (non-hydrogen) atoms. The summed E-state index contributed by atoms with van der Waals surface area (Å²) in [4.78, 5) is 11.1. The maximum absolute atomic E-state index is 12.5. The van der Waals surface area contributed by atoms with Gasteiger partial charge in [0, 0.05) is 10.6 Å². The Morgan fingerprint density at radius 3 is 2.70 bits per heavy atom. The highest BCUT2D eigenvalue weighted by atomic mass is 32.2. The van der Waals surface area contributed by atoms with Gasteiger partial charge in [0.25, 0.3) is 10.0 Å². The minimum atomic E-state index is -3.72. The summed E-state index contributed by atoms with van der Waals surface area (Å²) in [6.45, 7) is 3.35. The number of sulfonamides is 1. The summed E-state index contributed by atoms with van der Waals surface area (Å²) in [5, 5.41) is 14.6. The molecule has 0 spiro atoms. The fourth-order valence-electron chi connectivity index (χ4n) is 2.35. The van der Waals surface area contributed by atoms with Crippen LogP contribution < -0.4 is 4.72 Å². The number of nitro groups is 1. The van der Waals surface area contributed by atoms with Gasteiger partial charge in [0.05, 0.1) is 4.92 Å². The highest BCUT2D eigenvalue weighted by molar-refractivity contribution is 7.94. The summed E-state index contributed by atoms with van der Waals surface area (Å²) < 4.78 is 32.6. The van der Waals surface area contributed by atoms with Gasteiger partial charge in [0.2, 0.25) is 5.76 Å². The Hall–Kier alpha value is -2.98. The molecule has 0 radical (unpaired) electrons. The molecule has 0 saturated heterocycles. The van der Waals surface area contributed by atoms with Gasteiger partial charge < -0.3 is 4.52 Å². The van der Waals surface area contributed by atoms with Crippen molar-refractivity contribution in [2.75, 3.05) is 4.72 Å². The van der Waals surface area contributed by atoms with E-state index in [1.165, 1.54) is 19.1 Å². The molecule has 0 fully saturated rings. The van der Waals surface area contributed by atoms with Crippen LogP contribution in [0.3, 0.4) is 0 Å². The number of hydrogen-bond donors (Lipinski definition) is 1. The number of aromatic nitrogens is 1. The second-order valence-corrected chi connectivity index (χ2v) is 8.73. The van der Waals surface area contributed by atoms with Crippen molar-refractivity contribution >= 4 is 44.9 Å². The molecule has 0 unspecified atom stereocenters. The van der Waals surface area contributed by atoms with Gasteiger partial charge in [-0.25, -0.2) is 8.42 Å². The van der Waals surface area contributed by atoms with Crippen LogP contribution >= 0.6 is 11.3 Å². The van der Waals surface area contributed by atoms with Crippen molar-refractivity contribution in [3.05, 3.63) is 68.4 Å². The fourth-order valence-corrected chi connectivity index (χ4v) is 4.63. The van der Waals surface area contributed by atoms with Crippen LogP contribution in [0, 0.1) is 24.0 Å². The molecule has 1 N–H and O–H groups in total. The molecular formula is C17H15N3O5S2. The molecule has 0 bridgehead atoms. The molecule has 3 aromatic rings. The molecule has 0 aliphatic carbocycles. The van der Waals surface area contributed by atoms with Crippen LogP contribution in [0.15, 0.2) is 45.1 Å². The van der Waals surface area contributed by atoms with E-state index >= 15 is 0 Å². The number of thiophene rings is 1. The van der Waals surface area contributed by atoms with E-state index in [0.29, 0.717) is 10.6 Å². The van der Waals surface area contributed by atoms with Crippen LogP contribution in [0.25, 0.3) is 12.2 Å². The summed E-state index contributed by atoms with van der Waals surface area (Å²) in [5.41, 5.74) is 1.38. The van der Waals surface area contributed by atoms with E-state index in [4.69, 9.17) is 4.52 Å². The summed E-state index contributed by atoms with van der Waals surface area (Å²) in [6.07, 6.45) is 2.94. The molecule has 0 atom stereocenters.